The van der Waals surface area contributed by atoms with Crippen LogP contribution in [0.25, 0.3) is 0 Å². The lowest BCUT2D eigenvalue weighted by atomic mass is 9.97. The summed E-state index contributed by atoms with van der Waals surface area (Å²) in [6.07, 6.45) is 3.15. The normalized spacial score (nSPS) is 22.4. The summed E-state index contributed by atoms with van der Waals surface area (Å²) in [5.74, 6) is -0.0183. The molecule has 0 N–H and O–H groups in total. The lowest BCUT2D eigenvalue weighted by Gasteiger charge is -2.39. The van der Waals surface area contributed by atoms with E-state index in [0.717, 1.165) is 19.3 Å². The molecule has 1 saturated heterocycles. The summed E-state index contributed by atoms with van der Waals surface area (Å²) in [5, 5.41) is 15.1. The van der Waals surface area contributed by atoms with Crippen molar-refractivity contribution in [3.8, 4) is 0 Å². The fraction of sp³-hybridized carbons (Fsp3) is 0.714. The summed E-state index contributed by atoms with van der Waals surface area (Å²) in [6, 6.07) is 0.432. The van der Waals surface area contributed by atoms with E-state index in [0.29, 0.717) is 11.4 Å². The average molecular weight is 294 g/mol. The van der Waals surface area contributed by atoms with Crippen molar-refractivity contribution in [2.24, 2.45) is 0 Å². The molecule has 1 aromatic rings. The molecular weight excluding hydrogens is 272 g/mol. The van der Waals surface area contributed by atoms with E-state index >= 15 is 0 Å². The molecule has 1 aliphatic heterocycles. The molecule has 0 radical (unpaired) electrons. The monoisotopic (exact) mass is 294 g/mol. The number of hydrogen-bond donors (Lipinski definition) is 0. The van der Waals surface area contributed by atoms with Gasteiger partial charge in [-0.3, -0.25) is 19.6 Å². The minimum Gasteiger partial charge on any atom is -0.336 e. The van der Waals surface area contributed by atoms with E-state index in [1.54, 1.807) is 13.8 Å². The maximum atomic E-state index is 12.5. The molecule has 2 rings (SSSR count). The van der Waals surface area contributed by atoms with Gasteiger partial charge in [-0.1, -0.05) is 0 Å². The molecule has 21 heavy (non-hydrogen) atoms. The third-order valence-corrected chi connectivity index (χ3v) is 4.29. The van der Waals surface area contributed by atoms with Gasteiger partial charge >= 0.3 is 5.69 Å². The van der Waals surface area contributed by atoms with E-state index < -0.39 is 4.92 Å². The van der Waals surface area contributed by atoms with Crippen LogP contribution in [0.15, 0.2) is 0 Å². The van der Waals surface area contributed by atoms with Gasteiger partial charge in [0.1, 0.15) is 17.9 Å². The number of nitrogens with zero attached hydrogens (tertiary/aromatic N) is 4. The quantitative estimate of drug-likeness (QED) is 0.632. The van der Waals surface area contributed by atoms with Crippen molar-refractivity contribution in [1.82, 2.24) is 14.7 Å². The molecule has 0 bridgehead atoms. The van der Waals surface area contributed by atoms with Crippen LogP contribution in [0.4, 0.5) is 5.69 Å². The number of aromatic nitrogens is 2. The van der Waals surface area contributed by atoms with Gasteiger partial charge in [0.2, 0.25) is 5.91 Å². The molecule has 0 aliphatic carbocycles. The van der Waals surface area contributed by atoms with Gasteiger partial charge in [-0.25, -0.2) is 0 Å². The standard InChI is InChI=1S/C14H22N4O3/c1-9-6-5-7-10(2)17(9)13(19)8-16-12(4)14(18(20)21)11(3)15-16/h9-10H,5-8H2,1-4H3/t9-,10-/m0/s1. The average Bonchev–Trinajstić information content (AvgIpc) is 2.63. The zero-order valence-corrected chi connectivity index (χ0v) is 13.0. The van der Waals surface area contributed by atoms with Gasteiger partial charge in [0.25, 0.3) is 0 Å². The molecule has 1 fully saturated rings. The molecule has 1 aromatic heterocycles. The van der Waals surface area contributed by atoms with Crippen LogP contribution in [-0.4, -0.2) is 37.6 Å². The molecule has 2 heterocycles. The van der Waals surface area contributed by atoms with Crippen LogP contribution >= 0.6 is 0 Å². The second kappa shape index (κ2) is 5.83. The molecule has 7 heteroatoms. The Labute approximate surface area is 124 Å². The summed E-state index contributed by atoms with van der Waals surface area (Å²) in [6.45, 7) is 7.40. The SMILES string of the molecule is Cc1nn(CC(=O)N2[C@@H](C)CCC[C@@H]2C)c(C)c1[N+](=O)[O-]. The highest BCUT2D eigenvalue weighted by atomic mass is 16.6. The predicted octanol–water partition coefficient (Wildman–Crippen LogP) is 2.20. The minimum atomic E-state index is -0.440. The first-order chi connectivity index (χ1) is 9.82. The van der Waals surface area contributed by atoms with Crippen LogP contribution in [0.1, 0.15) is 44.5 Å². The second-order valence-electron chi connectivity index (χ2n) is 5.86. The minimum absolute atomic E-state index is 0.00235. The number of carbonyl (C=O) groups is 1. The highest BCUT2D eigenvalue weighted by molar-refractivity contribution is 5.77. The molecule has 0 saturated carbocycles. The van der Waals surface area contributed by atoms with Crippen molar-refractivity contribution in [3.63, 3.8) is 0 Å². The molecule has 7 nitrogen and oxygen atoms in total. The third-order valence-electron chi connectivity index (χ3n) is 4.29. The number of likely N-dealkylation sites (tertiary alicyclic amines) is 1. The Morgan fingerprint density at radius 3 is 2.38 bits per heavy atom. The smallest absolute Gasteiger partial charge is 0.312 e. The lowest BCUT2D eigenvalue weighted by molar-refractivity contribution is -0.386. The van der Waals surface area contributed by atoms with Gasteiger partial charge in [0.15, 0.2) is 0 Å². The highest BCUT2D eigenvalue weighted by Crippen LogP contribution is 2.25. The van der Waals surface area contributed by atoms with Gasteiger partial charge in [-0.2, -0.15) is 5.10 Å². The van der Waals surface area contributed by atoms with Crippen molar-refractivity contribution >= 4 is 11.6 Å². The molecule has 0 aromatic carbocycles. The summed E-state index contributed by atoms with van der Waals surface area (Å²) >= 11 is 0. The van der Waals surface area contributed by atoms with E-state index in [2.05, 4.69) is 18.9 Å². The molecule has 1 aliphatic rings. The first kappa shape index (κ1) is 15.5. The van der Waals surface area contributed by atoms with Crippen molar-refractivity contribution in [2.75, 3.05) is 0 Å². The number of amides is 1. The second-order valence-corrected chi connectivity index (χ2v) is 5.86. The summed E-state index contributed by atoms with van der Waals surface area (Å²) in [4.78, 5) is 25.0. The number of aryl methyl sites for hydroxylation is 1. The first-order valence-electron chi connectivity index (χ1n) is 7.32. The Hall–Kier alpha value is -1.92. The molecule has 0 spiro atoms. The predicted molar refractivity (Wildman–Crippen MR) is 78.0 cm³/mol. The van der Waals surface area contributed by atoms with Crippen LogP contribution in [-0.2, 0) is 11.3 Å². The van der Waals surface area contributed by atoms with Crippen molar-refractivity contribution in [2.45, 2.75) is 65.6 Å². The summed E-state index contributed by atoms with van der Waals surface area (Å²) < 4.78 is 1.45. The largest absolute Gasteiger partial charge is 0.336 e. The van der Waals surface area contributed by atoms with Crippen LogP contribution in [0, 0.1) is 24.0 Å². The van der Waals surface area contributed by atoms with Crippen molar-refractivity contribution in [1.29, 1.82) is 0 Å². The van der Waals surface area contributed by atoms with Crippen molar-refractivity contribution in [3.05, 3.63) is 21.5 Å². The third kappa shape index (κ3) is 2.91. The number of hydrogen-bond acceptors (Lipinski definition) is 4. The fourth-order valence-electron chi connectivity index (χ4n) is 3.23. The zero-order valence-electron chi connectivity index (χ0n) is 13.0. The molecule has 2 atom stereocenters. The zero-order chi connectivity index (χ0) is 15.7. The number of rotatable bonds is 3. The first-order valence-corrected chi connectivity index (χ1v) is 7.32. The van der Waals surface area contributed by atoms with Crippen LogP contribution in [0.3, 0.4) is 0 Å². The summed E-state index contributed by atoms with van der Waals surface area (Å²) in [5.41, 5.74) is 0.788. The molecular formula is C14H22N4O3. The van der Waals surface area contributed by atoms with Crippen molar-refractivity contribution < 1.29 is 9.72 Å². The Bertz CT molecular complexity index is 557. The van der Waals surface area contributed by atoms with E-state index in [1.807, 2.05) is 4.90 Å². The van der Waals surface area contributed by atoms with Gasteiger partial charge in [-0.15, -0.1) is 0 Å². The summed E-state index contributed by atoms with van der Waals surface area (Å²) in [7, 11) is 0. The molecule has 0 unspecified atom stereocenters. The Kier molecular flexibility index (Phi) is 4.29. The van der Waals surface area contributed by atoms with E-state index in [9.17, 15) is 14.9 Å². The molecule has 1 amide bonds. The Morgan fingerprint density at radius 1 is 1.33 bits per heavy atom. The van der Waals surface area contributed by atoms with E-state index in [-0.39, 0.29) is 30.2 Å². The van der Waals surface area contributed by atoms with Gasteiger partial charge < -0.3 is 4.90 Å². The maximum absolute atomic E-state index is 12.5. The van der Waals surface area contributed by atoms with Gasteiger partial charge in [0, 0.05) is 12.1 Å². The fourth-order valence-corrected chi connectivity index (χ4v) is 3.23. The van der Waals surface area contributed by atoms with Gasteiger partial charge in [0.05, 0.1) is 4.92 Å². The van der Waals surface area contributed by atoms with Crippen LogP contribution in [0.5, 0.6) is 0 Å². The van der Waals surface area contributed by atoms with Gasteiger partial charge in [-0.05, 0) is 47.0 Å². The number of piperidine rings is 1. The topological polar surface area (TPSA) is 81.3 Å². The van der Waals surface area contributed by atoms with Crippen LogP contribution < -0.4 is 0 Å². The van der Waals surface area contributed by atoms with Crippen LogP contribution in [0.2, 0.25) is 0 Å². The van der Waals surface area contributed by atoms with E-state index in [4.69, 9.17) is 0 Å². The Balaban J connectivity index is 2.20. The maximum Gasteiger partial charge on any atom is 0.312 e. The van der Waals surface area contributed by atoms with E-state index in [1.165, 1.54) is 4.68 Å². The molecule has 116 valence electrons. The number of carbonyl (C=O) groups excluding carboxylic acids is 1. The Morgan fingerprint density at radius 2 is 1.90 bits per heavy atom. The highest BCUT2D eigenvalue weighted by Gasteiger charge is 2.30. The number of nitro groups is 1. The lowest BCUT2D eigenvalue weighted by Crippen LogP contribution is -2.48.